The molecule has 1 aromatic rings. The first-order valence-corrected chi connectivity index (χ1v) is 8.88. The van der Waals surface area contributed by atoms with Crippen LogP contribution < -0.4 is 18.9 Å². The smallest absolute Gasteiger partial charge is 0.203 e. The minimum Gasteiger partial charge on any atom is -0.493 e. The van der Waals surface area contributed by atoms with Crippen LogP contribution in [0.1, 0.15) is 25.7 Å². The molecule has 1 aliphatic carbocycles. The summed E-state index contributed by atoms with van der Waals surface area (Å²) >= 11 is 0. The van der Waals surface area contributed by atoms with Crippen LogP contribution in [0.25, 0.3) is 0 Å². The molecule has 0 atom stereocenters. The number of rotatable bonds is 8. The molecule has 142 valence electrons. The SMILES string of the molecule is COc1cc(OCC2CCN(CC3CC3)CC2)cc(OC)c1OC.Cl. The fourth-order valence-corrected chi connectivity index (χ4v) is 3.36. The number of likely N-dealkylation sites (tertiary alicyclic amines) is 1. The second-order valence-corrected chi connectivity index (χ2v) is 6.86. The van der Waals surface area contributed by atoms with Gasteiger partial charge in [0.15, 0.2) is 11.5 Å². The van der Waals surface area contributed by atoms with Gasteiger partial charge in [-0.2, -0.15) is 0 Å². The predicted octanol–water partition coefficient (Wildman–Crippen LogP) is 3.64. The van der Waals surface area contributed by atoms with Gasteiger partial charge in [0.1, 0.15) is 5.75 Å². The van der Waals surface area contributed by atoms with Crippen LogP contribution in [0.3, 0.4) is 0 Å². The van der Waals surface area contributed by atoms with E-state index in [9.17, 15) is 0 Å². The third-order valence-corrected chi connectivity index (χ3v) is 5.04. The Hall–Kier alpha value is -1.33. The molecule has 3 rings (SSSR count). The topological polar surface area (TPSA) is 40.2 Å². The first-order chi connectivity index (χ1) is 11.7. The van der Waals surface area contributed by atoms with Crippen molar-refractivity contribution in [2.45, 2.75) is 25.7 Å². The second-order valence-electron chi connectivity index (χ2n) is 6.86. The van der Waals surface area contributed by atoms with Crippen molar-refractivity contribution in [1.82, 2.24) is 4.90 Å². The fourth-order valence-electron chi connectivity index (χ4n) is 3.36. The monoisotopic (exact) mass is 371 g/mol. The van der Waals surface area contributed by atoms with Gasteiger partial charge in [-0.15, -0.1) is 12.4 Å². The lowest BCUT2D eigenvalue weighted by atomic mass is 9.97. The summed E-state index contributed by atoms with van der Waals surface area (Å²) in [4.78, 5) is 2.62. The van der Waals surface area contributed by atoms with Crippen LogP contribution >= 0.6 is 12.4 Å². The summed E-state index contributed by atoms with van der Waals surface area (Å²) in [7, 11) is 4.85. The highest BCUT2D eigenvalue weighted by Gasteiger charge is 2.27. The Kier molecular flexibility index (Phi) is 7.51. The molecule has 0 radical (unpaired) electrons. The normalized spacial score (nSPS) is 18.4. The van der Waals surface area contributed by atoms with Crippen molar-refractivity contribution in [1.29, 1.82) is 0 Å². The highest BCUT2D eigenvalue weighted by Crippen LogP contribution is 2.41. The van der Waals surface area contributed by atoms with Gasteiger partial charge < -0.3 is 23.8 Å². The summed E-state index contributed by atoms with van der Waals surface area (Å²) in [6, 6.07) is 3.73. The molecule has 1 aromatic carbocycles. The molecule has 0 spiro atoms. The van der Waals surface area contributed by atoms with E-state index < -0.39 is 0 Å². The lowest BCUT2D eigenvalue weighted by Gasteiger charge is -2.31. The number of ether oxygens (including phenoxy) is 4. The van der Waals surface area contributed by atoms with E-state index in [1.165, 1.54) is 45.3 Å². The van der Waals surface area contributed by atoms with E-state index in [1.807, 2.05) is 12.1 Å². The molecule has 0 aromatic heterocycles. The Labute approximate surface area is 157 Å². The van der Waals surface area contributed by atoms with Gasteiger partial charge in [-0.3, -0.25) is 0 Å². The van der Waals surface area contributed by atoms with Crippen molar-refractivity contribution in [2.75, 3.05) is 47.6 Å². The largest absolute Gasteiger partial charge is 0.493 e. The molecule has 25 heavy (non-hydrogen) atoms. The van der Waals surface area contributed by atoms with Crippen LogP contribution in [0.5, 0.6) is 23.0 Å². The van der Waals surface area contributed by atoms with Crippen LogP contribution in [0.4, 0.5) is 0 Å². The Bertz CT molecular complexity index is 517. The van der Waals surface area contributed by atoms with E-state index in [0.29, 0.717) is 23.2 Å². The third-order valence-electron chi connectivity index (χ3n) is 5.04. The molecular formula is C19H30ClNO4. The first-order valence-electron chi connectivity index (χ1n) is 8.88. The van der Waals surface area contributed by atoms with Crippen LogP contribution in [0, 0.1) is 11.8 Å². The van der Waals surface area contributed by atoms with Crippen molar-refractivity contribution < 1.29 is 18.9 Å². The maximum absolute atomic E-state index is 6.02. The van der Waals surface area contributed by atoms with E-state index in [4.69, 9.17) is 18.9 Å². The summed E-state index contributed by atoms with van der Waals surface area (Å²) < 4.78 is 22.1. The van der Waals surface area contributed by atoms with Crippen molar-refractivity contribution in [3.05, 3.63) is 12.1 Å². The molecular weight excluding hydrogens is 342 g/mol. The molecule has 1 heterocycles. The second kappa shape index (κ2) is 9.39. The zero-order chi connectivity index (χ0) is 16.9. The van der Waals surface area contributed by atoms with Gasteiger partial charge in [-0.1, -0.05) is 0 Å². The van der Waals surface area contributed by atoms with Crippen molar-refractivity contribution >= 4 is 12.4 Å². The summed E-state index contributed by atoms with van der Waals surface area (Å²) in [5, 5.41) is 0. The quantitative estimate of drug-likeness (QED) is 0.697. The first kappa shape index (κ1) is 20.0. The number of methoxy groups -OCH3 is 3. The molecule has 1 saturated carbocycles. The Morgan fingerprint density at radius 3 is 1.96 bits per heavy atom. The van der Waals surface area contributed by atoms with Crippen LogP contribution in [-0.4, -0.2) is 52.5 Å². The minimum atomic E-state index is 0. The highest BCUT2D eigenvalue weighted by atomic mass is 35.5. The number of benzene rings is 1. The Balaban J connectivity index is 0.00000225. The molecule has 2 aliphatic rings. The van der Waals surface area contributed by atoms with Crippen LogP contribution in [-0.2, 0) is 0 Å². The Morgan fingerprint density at radius 1 is 0.880 bits per heavy atom. The van der Waals surface area contributed by atoms with E-state index in [1.54, 1.807) is 21.3 Å². The van der Waals surface area contributed by atoms with Gasteiger partial charge in [0.05, 0.1) is 27.9 Å². The number of hydrogen-bond acceptors (Lipinski definition) is 5. The van der Waals surface area contributed by atoms with Crippen molar-refractivity contribution in [2.24, 2.45) is 11.8 Å². The van der Waals surface area contributed by atoms with Gasteiger partial charge in [0.25, 0.3) is 0 Å². The van der Waals surface area contributed by atoms with Crippen LogP contribution in [0.2, 0.25) is 0 Å². The number of hydrogen-bond donors (Lipinski definition) is 0. The molecule has 5 nitrogen and oxygen atoms in total. The van der Waals surface area contributed by atoms with Gasteiger partial charge in [-0.25, -0.2) is 0 Å². The van der Waals surface area contributed by atoms with E-state index in [2.05, 4.69) is 4.90 Å². The lowest BCUT2D eigenvalue weighted by Crippen LogP contribution is -2.36. The molecule has 1 aliphatic heterocycles. The van der Waals surface area contributed by atoms with Crippen LogP contribution in [0.15, 0.2) is 12.1 Å². The summed E-state index contributed by atoms with van der Waals surface area (Å²) in [5.74, 6) is 4.24. The maximum Gasteiger partial charge on any atom is 0.203 e. The molecule has 0 amide bonds. The highest BCUT2D eigenvalue weighted by molar-refractivity contribution is 5.85. The summed E-state index contributed by atoms with van der Waals surface area (Å²) in [5.41, 5.74) is 0. The molecule has 6 heteroatoms. The summed E-state index contributed by atoms with van der Waals surface area (Å²) in [6.45, 7) is 4.47. The standard InChI is InChI=1S/C19H29NO4.ClH/c1-21-17-10-16(11-18(22-2)19(17)23-3)24-13-15-6-8-20(9-7-15)12-14-4-5-14;/h10-11,14-15H,4-9,12-13H2,1-3H3;1H. The van der Waals surface area contributed by atoms with E-state index in [-0.39, 0.29) is 12.4 Å². The van der Waals surface area contributed by atoms with Gasteiger partial charge in [0.2, 0.25) is 5.75 Å². The average molecular weight is 372 g/mol. The van der Waals surface area contributed by atoms with Gasteiger partial charge in [-0.05, 0) is 50.6 Å². The number of nitrogens with zero attached hydrogens (tertiary/aromatic N) is 1. The molecule has 2 fully saturated rings. The zero-order valence-electron chi connectivity index (χ0n) is 15.5. The molecule has 1 saturated heterocycles. The third kappa shape index (κ3) is 5.32. The van der Waals surface area contributed by atoms with E-state index in [0.717, 1.165) is 18.3 Å². The molecule has 0 N–H and O–H groups in total. The zero-order valence-corrected chi connectivity index (χ0v) is 16.3. The number of piperidine rings is 1. The maximum atomic E-state index is 6.02. The molecule has 0 bridgehead atoms. The summed E-state index contributed by atoms with van der Waals surface area (Å²) in [6.07, 6.45) is 5.31. The minimum absolute atomic E-state index is 0. The fraction of sp³-hybridized carbons (Fsp3) is 0.684. The predicted molar refractivity (Wildman–Crippen MR) is 101 cm³/mol. The molecule has 0 unspecified atom stereocenters. The lowest BCUT2D eigenvalue weighted by molar-refractivity contribution is 0.137. The van der Waals surface area contributed by atoms with Crippen molar-refractivity contribution in [3.8, 4) is 23.0 Å². The van der Waals surface area contributed by atoms with Gasteiger partial charge in [0, 0.05) is 18.7 Å². The van der Waals surface area contributed by atoms with Gasteiger partial charge >= 0.3 is 0 Å². The average Bonchev–Trinajstić information content (AvgIpc) is 3.44. The van der Waals surface area contributed by atoms with E-state index >= 15 is 0 Å². The number of halogens is 1. The van der Waals surface area contributed by atoms with Crippen molar-refractivity contribution in [3.63, 3.8) is 0 Å². The Morgan fingerprint density at radius 2 is 1.48 bits per heavy atom.